The van der Waals surface area contributed by atoms with Crippen molar-refractivity contribution in [1.82, 2.24) is 10.2 Å². The number of carbonyl (C=O) groups excluding carboxylic acids is 1. The molecule has 2 aromatic rings. The highest BCUT2D eigenvalue weighted by atomic mass is 32.1. The van der Waals surface area contributed by atoms with Crippen molar-refractivity contribution in [2.75, 3.05) is 6.61 Å². The first kappa shape index (κ1) is 11.8. The minimum Gasteiger partial charge on any atom is -0.466 e. The van der Waals surface area contributed by atoms with Crippen LogP contribution in [0.3, 0.4) is 0 Å². The maximum Gasteiger partial charge on any atom is 0.306 e. The summed E-state index contributed by atoms with van der Waals surface area (Å²) in [5.41, 5.74) is 0.907. The summed E-state index contributed by atoms with van der Waals surface area (Å²) >= 11 is 1.57. The van der Waals surface area contributed by atoms with E-state index >= 15 is 0 Å². The van der Waals surface area contributed by atoms with Gasteiger partial charge < -0.3 is 9.15 Å². The van der Waals surface area contributed by atoms with Crippen molar-refractivity contribution in [3.05, 3.63) is 22.7 Å². The molecule has 17 heavy (non-hydrogen) atoms. The van der Waals surface area contributed by atoms with Crippen LogP contribution in [0.5, 0.6) is 0 Å². The van der Waals surface area contributed by atoms with E-state index in [1.54, 1.807) is 18.3 Å². The Morgan fingerprint density at radius 1 is 1.53 bits per heavy atom. The minimum atomic E-state index is -0.247. The Bertz CT molecular complexity index is 479. The molecule has 0 bridgehead atoms. The van der Waals surface area contributed by atoms with Crippen molar-refractivity contribution in [2.24, 2.45) is 0 Å². The Kier molecular flexibility index (Phi) is 3.87. The molecular formula is C11H12N2O3S. The van der Waals surface area contributed by atoms with E-state index in [0.29, 0.717) is 24.8 Å². The Hall–Kier alpha value is -1.69. The third-order valence-electron chi connectivity index (χ3n) is 2.08. The summed E-state index contributed by atoms with van der Waals surface area (Å²) in [6, 6.07) is 1.91. The summed E-state index contributed by atoms with van der Waals surface area (Å²) in [5.74, 6) is 0.701. The van der Waals surface area contributed by atoms with E-state index in [2.05, 4.69) is 10.2 Å². The number of nitrogens with zero attached hydrogens (tertiary/aromatic N) is 2. The molecule has 0 radical (unpaired) electrons. The maximum absolute atomic E-state index is 11.1. The largest absolute Gasteiger partial charge is 0.466 e. The SMILES string of the molecule is CCOC(=O)CCc1nnc(-c2ccsc2)o1. The molecule has 0 aliphatic rings. The second-order valence-corrected chi connectivity index (χ2v) is 4.10. The number of thiophene rings is 1. The van der Waals surface area contributed by atoms with Crippen molar-refractivity contribution in [3.63, 3.8) is 0 Å². The Labute approximate surface area is 102 Å². The van der Waals surface area contributed by atoms with Gasteiger partial charge in [-0.05, 0) is 18.4 Å². The summed E-state index contributed by atoms with van der Waals surface area (Å²) < 4.78 is 10.2. The van der Waals surface area contributed by atoms with Gasteiger partial charge in [-0.1, -0.05) is 0 Å². The molecule has 2 heterocycles. The van der Waals surface area contributed by atoms with E-state index in [4.69, 9.17) is 9.15 Å². The van der Waals surface area contributed by atoms with Gasteiger partial charge in [0.2, 0.25) is 11.8 Å². The van der Waals surface area contributed by atoms with E-state index in [1.807, 2.05) is 16.8 Å². The molecule has 0 saturated heterocycles. The number of esters is 1. The molecule has 2 rings (SSSR count). The topological polar surface area (TPSA) is 65.2 Å². The number of aryl methyl sites for hydroxylation is 1. The molecule has 6 heteroatoms. The lowest BCUT2D eigenvalue weighted by Crippen LogP contribution is -2.05. The predicted octanol–water partition coefficient (Wildman–Crippen LogP) is 2.29. The lowest BCUT2D eigenvalue weighted by atomic mass is 10.3. The van der Waals surface area contributed by atoms with E-state index in [1.165, 1.54) is 0 Å². The molecule has 0 N–H and O–H groups in total. The number of hydrogen-bond acceptors (Lipinski definition) is 6. The average molecular weight is 252 g/mol. The summed E-state index contributed by atoms with van der Waals surface area (Å²) in [4.78, 5) is 11.1. The van der Waals surface area contributed by atoms with E-state index in [-0.39, 0.29) is 12.4 Å². The van der Waals surface area contributed by atoms with Crippen molar-refractivity contribution in [2.45, 2.75) is 19.8 Å². The number of carbonyl (C=O) groups is 1. The van der Waals surface area contributed by atoms with Gasteiger partial charge in [-0.3, -0.25) is 4.79 Å². The van der Waals surface area contributed by atoms with Crippen molar-refractivity contribution < 1.29 is 13.9 Å². The smallest absolute Gasteiger partial charge is 0.306 e. The van der Waals surface area contributed by atoms with Gasteiger partial charge in [-0.15, -0.1) is 10.2 Å². The monoisotopic (exact) mass is 252 g/mol. The molecule has 0 saturated carbocycles. The first-order valence-electron chi connectivity index (χ1n) is 5.30. The zero-order valence-electron chi connectivity index (χ0n) is 9.38. The van der Waals surface area contributed by atoms with Gasteiger partial charge in [0.05, 0.1) is 13.0 Å². The molecule has 0 atom stereocenters. The molecule has 2 aromatic heterocycles. The number of aromatic nitrogens is 2. The summed E-state index contributed by atoms with van der Waals surface area (Å²) in [5, 5.41) is 11.7. The number of hydrogen-bond donors (Lipinski definition) is 0. The Balaban J connectivity index is 1.93. The molecule has 0 fully saturated rings. The zero-order valence-corrected chi connectivity index (χ0v) is 10.2. The Morgan fingerprint density at radius 3 is 3.12 bits per heavy atom. The van der Waals surface area contributed by atoms with Crippen LogP contribution in [0.1, 0.15) is 19.2 Å². The average Bonchev–Trinajstić information content (AvgIpc) is 2.97. The van der Waals surface area contributed by atoms with Crippen LogP contribution in [-0.4, -0.2) is 22.8 Å². The molecule has 0 aromatic carbocycles. The van der Waals surface area contributed by atoms with Crippen LogP contribution in [0.4, 0.5) is 0 Å². The quantitative estimate of drug-likeness (QED) is 0.764. The highest BCUT2D eigenvalue weighted by Crippen LogP contribution is 2.20. The fourth-order valence-corrected chi connectivity index (χ4v) is 1.93. The number of rotatable bonds is 5. The highest BCUT2D eigenvalue weighted by molar-refractivity contribution is 7.08. The predicted molar refractivity (Wildman–Crippen MR) is 62.6 cm³/mol. The molecular weight excluding hydrogens is 240 g/mol. The molecule has 0 unspecified atom stereocenters. The molecule has 0 spiro atoms. The van der Waals surface area contributed by atoms with Gasteiger partial charge in [0.25, 0.3) is 0 Å². The first-order chi connectivity index (χ1) is 8.29. The van der Waals surface area contributed by atoms with Crippen LogP contribution in [0.2, 0.25) is 0 Å². The van der Waals surface area contributed by atoms with Gasteiger partial charge in [-0.25, -0.2) is 0 Å². The van der Waals surface area contributed by atoms with Crippen molar-refractivity contribution >= 4 is 17.3 Å². The normalized spacial score (nSPS) is 10.4. The van der Waals surface area contributed by atoms with Gasteiger partial charge in [-0.2, -0.15) is 11.3 Å². The zero-order chi connectivity index (χ0) is 12.1. The second kappa shape index (κ2) is 5.58. The molecule has 90 valence electrons. The van der Waals surface area contributed by atoms with E-state index in [9.17, 15) is 4.79 Å². The maximum atomic E-state index is 11.1. The summed E-state index contributed by atoms with van der Waals surface area (Å²) in [7, 11) is 0. The third kappa shape index (κ3) is 3.13. The van der Waals surface area contributed by atoms with Crippen LogP contribution >= 0.6 is 11.3 Å². The lowest BCUT2D eigenvalue weighted by molar-refractivity contribution is -0.143. The van der Waals surface area contributed by atoms with Crippen LogP contribution in [0.25, 0.3) is 11.5 Å². The van der Waals surface area contributed by atoms with Gasteiger partial charge in [0.15, 0.2) is 0 Å². The third-order valence-corrected chi connectivity index (χ3v) is 2.77. The van der Waals surface area contributed by atoms with Crippen molar-refractivity contribution in [1.29, 1.82) is 0 Å². The fourth-order valence-electron chi connectivity index (χ4n) is 1.30. The van der Waals surface area contributed by atoms with E-state index in [0.717, 1.165) is 5.56 Å². The molecule has 0 aliphatic heterocycles. The standard InChI is InChI=1S/C11H12N2O3S/c1-2-15-10(14)4-3-9-12-13-11(16-9)8-5-6-17-7-8/h5-7H,2-4H2,1H3. The fraction of sp³-hybridized carbons (Fsp3) is 0.364. The first-order valence-corrected chi connectivity index (χ1v) is 6.24. The number of ether oxygens (including phenoxy) is 1. The van der Waals surface area contributed by atoms with Crippen LogP contribution in [0, 0.1) is 0 Å². The lowest BCUT2D eigenvalue weighted by Gasteiger charge is -1.98. The van der Waals surface area contributed by atoms with Crippen molar-refractivity contribution in [3.8, 4) is 11.5 Å². The van der Waals surface area contributed by atoms with E-state index < -0.39 is 0 Å². The van der Waals surface area contributed by atoms with Crippen LogP contribution < -0.4 is 0 Å². The summed E-state index contributed by atoms with van der Waals surface area (Å²) in [6.07, 6.45) is 0.676. The second-order valence-electron chi connectivity index (χ2n) is 3.32. The van der Waals surface area contributed by atoms with Crippen LogP contribution in [0.15, 0.2) is 21.2 Å². The molecule has 0 aliphatic carbocycles. The van der Waals surface area contributed by atoms with Gasteiger partial charge in [0, 0.05) is 17.4 Å². The van der Waals surface area contributed by atoms with Gasteiger partial charge >= 0.3 is 5.97 Å². The van der Waals surface area contributed by atoms with Crippen LogP contribution in [-0.2, 0) is 16.0 Å². The molecule has 0 amide bonds. The van der Waals surface area contributed by atoms with Gasteiger partial charge in [0.1, 0.15) is 0 Å². The summed E-state index contributed by atoms with van der Waals surface area (Å²) in [6.45, 7) is 2.17. The molecule has 5 nitrogen and oxygen atoms in total. The highest BCUT2D eigenvalue weighted by Gasteiger charge is 2.10. The Morgan fingerprint density at radius 2 is 2.41 bits per heavy atom. The minimum absolute atomic E-state index is 0.247.